The van der Waals surface area contributed by atoms with E-state index in [1.54, 1.807) is 18.2 Å². The molecule has 2 aromatic rings. The van der Waals surface area contributed by atoms with E-state index in [4.69, 9.17) is 21.1 Å². The summed E-state index contributed by atoms with van der Waals surface area (Å²) in [6.07, 6.45) is 1.05. The Morgan fingerprint density at radius 1 is 1.11 bits per heavy atom. The number of nitrogens with one attached hydrogen (secondary N) is 1. The monoisotopic (exact) mass is 389 g/mol. The van der Waals surface area contributed by atoms with Gasteiger partial charge in [-0.15, -0.1) is 0 Å². The number of carbonyl (C=O) groups is 2. The van der Waals surface area contributed by atoms with Crippen LogP contribution in [0.1, 0.15) is 37.3 Å². The minimum atomic E-state index is -0.620. The van der Waals surface area contributed by atoms with Gasteiger partial charge in [0.05, 0.1) is 0 Å². The molecule has 2 rings (SSSR count). The first-order chi connectivity index (χ1) is 12.9. The number of rotatable bonds is 8. The highest BCUT2D eigenvalue weighted by molar-refractivity contribution is 6.31. The molecule has 0 saturated heterocycles. The molecule has 0 spiro atoms. The minimum Gasteiger partial charge on any atom is -0.482 e. The summed E-state index contributed by atoms with van der Waals surface area (Å²) in [6.45, 7) is 5.48. The zero-order valence-electron chi connectivity index (χ0n) is 15.8. The molecule has 0 unspecified atom stereocenters. The van der Waals surface area contributed by atoms with E-state index < -0.39 is 11.9 Å². The first kappa shape index (κ1) is 20.8. The number of anilines is 1. The largest absolute Gasteiger partial charge is 0.482 e. The number of carbonyl (C=O) groups excluding carboxylic acids is 2. The van der Waals surface area contributed by atoms with E-state index in [1.165, 1.54) is 5.56 Å². The van der Waals surface area contributed by atoms with Crippen molar-refractivity contribution in [2.75, 3.05) is 18.5 Å². The van der Waals surface area contributed by atoms with Crippen LogP contribution in [-0.4, -0.2) is 25.1 Å². The Labute approximate surface area is 164 Å². The molecule has 0 aliphatic carbocycles. The zero-order valence-corrected chi connectivity index (χ0v) is 16.5. The molecule has 6 heteroatoms. The van der Waals surface area contributed by atoms with Crippen LogP contribution in [0, 0.1) is 6.92 Å². The molecule has 0 aromatic heterocycles. The summed E-state index contributed by atoms with van der Waals surface area (Å²) < 4.78 is 10.3. The van der Waals surface area contributed by atoms with Crippen molar-refractivity contribution in [1.29, 1.82) is 0 Å². The van der Waals surface area contributed by atoms with Gasteiger partial charge in [0, 0.05) is 10.7 Å². The third-order valence-corrected chi connectivity index (χ3v) is 4.65. The summed E-state index contributed by atoms with van der Waals surface area (Å²) in [5, 5.41) is 3.32. The zero-order chi connectivity index (χ0) is 19.8. The second kappa shape index (κ2) is 9.97. The summed E-state index contributed by atoms with van der Waals surface area (Å²) in [5.74, 6) is -0.0355. The quantitative estimate of drug-likeness (QED) is 0.663. The third-order valence-electron chi connectivity index (χ3n) is 4.23. The van der Waals surface area contributed by atoms with E-state index in [1.807, 2.05) is 31.2 Å². The molecule has 1 N–H and O–H groups in total. The third kappa shape index (κ3) is 6.61. The predicted molar refractivity (Wildman–Crippen MR) is 106 cm³/mol. The van der Waals surface area contributed by atoms with Crippen molar-refractivity contribution in [3.63, 3.8) is 0 Å². The number of hydrogen-bond donors (Lipinski definition) is 1. The second-order valence-electron chi connectivity index (χ2n) is 6.34. The lowest BCUT2D eigenvalue weighted by atomic mass is 9.99. The molecule has 1 atom stereocenters. The summed E-state index contributed by atoms with van der Waals surface area (Å²) in [6, 6.07) is 12.7. The number of aryl methyl sites for hydroxylation is 1. The Bertz CT molecular complexity index is 789. The van der Waals surface area contributed by atoms with Gasteiger partial charge >= 0.3 is 5.97 Å². The number of halogens is 1. The fourth-order valence-electron chi connectivity index (χ4n) is 2.36. The van der Waals surface area contributed by atoms with Crippen LogP contribution >= 0.6 is 11.6 Å². The Morgan fingerprint density at radius 3 is 2.44 bits per heavy atom. The Morgan fingerprint density at radius 2 is 1.81 bits per heavy atom. The molecular weight excluding hydrogens is 366 g/mol. The molecule has 144 valence electrons. The summed E-state index contributed by atoms with van der Waals surface area (Å²) >= 11 is 5.93. The molecule has 0 bridgehead atoms. The number of ether oxygens (including phenoxy) is 2. The van der Waals surface area contributed by atoms with Gasteiger partial charge in [0.1, 0.15) is 5.75 Å². The van der Waals surface area contributed by atoms with Gasteiger partial charge in [-0.3, -0.25) is 4.79 Å². The Hall–Kier alpha value is -2.53. The van der Waals surface area contributed by atoms with Crippen molar-refractivity contribution < 1.29 is 19.1 Å². The van der Waals surface area contributed by atoms with Crippen molar-refractivity contribution in [3.05, 3.63) is 58.6 Å². The van der Waals surface area contributed by atoms with Crippen LogP contribution in [0.5, 0.6) is 5.75 Å². The number of esters is 1. The van der Waals surface area contributed by atoms with Crippen LogP contribution in [0.15, 0.2) is 42.5 Å². The maximum absolute atomic E-state index is 11.9. The molecule has 0 saturated carbocycles. The maximum Gasteiger partial charge on any atom is 0.344 e. The van der Waals surface area contributed by atoms with Gasteiger partial charge < -0.3 is 14.8 Å². The lowest BCUT2D eigenvalue weighted by Crippen LogP contribution is -2.23. The van der Waals surface area contributed by atoms with Crippen LogP contribution in [0.4, 0.5) is 5.69 Å². The summed E-state index contributed by atoms with van der Waals surface area (Å²) in [5.41, 5.74) is 2.73. The van der Waals surface area contributed by atoms with Crippen LogP contribution in [0.25, 0.3) is 0 Å². The van der Waals surface area contributed by atoms with Crippen molar-refractivity contribution >= 4 is 29.2 Å². The lowest BCUT2D eigenvalue weighted by molar-refractivity contribution is -0.149. The first-order valence-electron chi connectivity index (χ1n) is 8.83. The van der Waals surface area contributed by atoms with Crippen LogP contribution < -0.4 is 10.1 Å². The maximum atomic E-state index is 11.9. The van der Waals surface area contributed by atoms with Crippen molar-refractivity contribution in [3.8, 4) is 5.75 Å². The SMILES string of the molecule is CC[C@@H](C)c1ccc(NC(=O)COC(=O)COc2ccc(Cl)c(C)c2)cc1. The van der Waals surface area contributed by atoms with Gasteiger partial charge in [0.25, 0.3) is 5.91 Å². The fraction of sp³-hybridized carbons (Fsp3) is 0.333. The molecule has 2 aromatic carbocycles. The highest BCUT2D eigenvalue weighted by Gasteiger charge is 2.10. The van der Waals surface area contributed by atoms with Crippen molar-refractivity contribution in [2.24, 2.45) is 0 Å². The first-order valence-corrected chi connectivity index (χ1v) is 9.21. The highest BCUT2D eigenvalue weighted by Crippen LogP contribution is 2.21. The number of hydrogen-bond acceptors (Lipinski definition) is 4. The van der Waals surface area contributed by atoms with Crippen molar-refractivity contribution in [1.82, 2.24) is 0 Å². The van der Waals surface area contributed by atoms with Gasteiger partial charge in [-0.25, -0.2) is 4.79 Å². The minimum absolute atomic E-state index is 0.280. The van der Waals surface area contributed by atoms with E-state index in [2.05, 4.69) is 19.2 Å². The predicted octanol–water partition coefficient (Wildman–Crippen LogP) is 4.72. The number of benzene rings is 2. The van der Waals surface area contributed by atoms with E-state index in [9.17, 15) is 9.59 Å². The smallest absolute Gasteiger partial charge is 0.344 e. The van der Waals surface area contributed by atoms with Gasteiger partial charge in [-0.1, -0.05) is 37.6 Å². The fourth-order valence-corrected chi connectivity index (χ4v) is 2.48. The molecule has 0 aliphatic heterocycles. The standard InChI is InChI=1S/C21H24ClNO4/c1-4-14(2)16-5-7-17(8-6-16)23-20(24)12-27-21(25)13-26-18-9-10-19(22)15(3)11-18/h5-11,14H,4,12-13H2,1-3H3,(H,23,24)/t14-/m1/s1. The second-order valence-corrected chi connectivity index (χ2v) is 6.75. The lowest BCUT2D eigenvalue weighted by Gasteiger charge is -2.11. The molecular formula is C21H24ClNO4. The average molecular weight is 390 g/mol. The highest BCUT2D eigenvalue weighted by atomic mass is 35.5. The van der Waals surface area contributed by atoms with Gasteiger partial charge in [0.2, 0.25) is 0 Å². The van der Waals surface area contributed by atoms with Gasteiger partial charge in [-0.2, -0.15) is 0 Å². The molecule has 27 heavy (non-hydrogen) atoms. The normalized spacial score (nSPS) is 11.6. The van der Waals surface area contributed by atoms with Crippen LogP contribution in [0.2, 0.25) is 5.02 Å². The summed E-state index contributed by atoms with van der Waals surface area (Å²) in [7, 11) is 0. The van der Waals surface area contributed by atoms with Gasteiger partial charge in [0.15, 0.2) is 13.2 Å². The van der Waals surface area contributed by atoms with Crippen LogP contribution in [0.3, 0.4) is 0 Å². The molecule has 0 fully saturated rings. The van der Waals surface area contributed by atoms with E-state index in [-0.39, 0.29) is 13.2 Å². The molecule has 0 radical (unpaired) electrons. The Kier molecular flexibility index (Phi) is 7.67. The van der Waals surface area contributed by atoms with Crippen LogP contribution in [-0.2, 0) is 14.3 Å². The molecule has 0 heterocycles. The molecule has 0 aliphatic rings. The number of amides is 1. The Balaban J connectivity index is 1.74. The van der Waals surface area contributed by atoms with E-state index in [0.29, 0.717) is 22.4 Å². The molecule has 1 amide bonds. The van der Waals surface area contributed by atoms with E-state index in [0.717, 1.165) is 12.0 Å². The van der Waals surface area contributed by atoms with Gasteiger partial charge in [-0.05, 0) is 60.7 Å². The molecule has 5 nitrogen and oxygen atoms in total. The van der Waals surface area contributed by atoms with Crippen molar-refractivity contribution in [2.45, 2.75) is 33.1 Å². The summed E-state index contributed by atoms with van der Waals surface area (Å²) in [4.78, 5) is 23.6. The van der Waals surface area contributed by atoms with E-state index >= 15 is 0 Å². The topological polar surface area (TPSA) is 64.6 Å². The average Bonchev–Trinajstić information content (AvgIpc) is 2.67.